The van der Waals surface area contributed by atoms with Gasteiger partial charge in [-0.25, -0.2) is 0 Å². The van der Waals surface area contributed by atoms with Crippen molar-refractivity contribution in [2.45, 2.75) is 26.7 Å². The Kier molecular flexibility index (Phi) is 10.1. The summed E-state index contributed by atoms with van der Waals surface area (Å²) in [6.45, 7) is 6.79. The molecule has 0 bridgehead atoms. The number of aliphatic carboxylic acids is 1. The minimum atomic E-state index is -1.06. The molecule has 0 amide bonds. The fraction of sp³-hybridized carbons (Fsp3) is 0.500. The van der Waals surface area contributed by atoms with Crippen LogP contribution in [0.5, 0.6) is 0 Å². The molecule has 0 saturated heterocycles. The zero-order chi connectivity index (χ0) is 9.28. The summed E-state index contributed by atoms with van der Waals surface area (Å²) in [6, 6.07) is 0. The van der Waals surface area contributed by atoms with Crippen molar-refractivity contribution < 1.29 is 14.7 Å². The van der Waals surface area contributed by atoms with Gasteiger partial charge in [-0.1, -0.05) is 13.0 Å². The molecule has 1 N–H and O–H groups in total. The molecule has 64 valence electrons. The minimum Gasteiger partial charge on any atom is -0.481 e. The van der Waals surface area contributed by atoms with E-state index in [-0.39, 0.29) is 12.2 Å². The second kappa shape index (κ2) is 8.88. The van der Waals surface area contributed by atoms with E-state index in [1.165, 1.54) is 6.92 Å². The summed E-state index contributed by atoms with van der Waals surface area (Å²) in [5, 5.41) is 7.86. The van der Waals surface area contributed by atoms with E-state index in [1.54, 1.807) is 0 Å². The van der Waals surface area contributed by atoms with E-state index in [0.29, 0.717) is 0 Å². The summed E-state index contributed by atoms with van der Waals surface area (Å²) in [6.07, 6.45) is 2.60. The van der Waals surface area contributed by atoms with Gasteiger partial charge in [0, 0.05) is 0 Å². The Balaban J connectivity index is 0. The van der Waals surface area contributed by atoms with Crippen LogP contribution in [0.4, 0.5) is 0 Å². The van der Waals surface area contributed by atoms with Gasteiger partial charge in [0.15, 0.2) is 0 Å². The summed E-state index contributed by atoms with van der Waals surface area (Å²) in [5.74, 6) is -1.37. The number of Topliss-reactive ketones (excluding diaryl/α,β-unsaturated/α-hetero) is 1. The molecule has 0 spiro atoms. The van der Waals surface area contributed by atoms with Crippen molar-refractivity contribution in [3.63, 3.8) is 0 Å². The van der Waals surface area contributed by atoms with Crippen LogP contribution in [0.15, 0.2) is 12.7 Å². The summed E-state index contributed by atoms with van der Waals surface area (Å²) in [7, 11) is 0. The second-order valence-electron chi connectivity index (χ2n) is 1.97. The maximum absolute atomic E-state index is 9.87. The average Bonchev–Trinajstić information content (AvgIpc) is 1.85. The number of rotatable bonds is 3. The topological polar surface area (TPSA) is 54.4 Å². The lowest BCUT2D eigenvalue weighted by Gasteiger charge is -1.80. The van der Waals surface area contributed by atoms with E-state index in [4.69, 9.17) is 5.11 Å². The number of hydrogen-bond acceptors (Lipinski definition) is 2. The van der Waals surface area contributed by atoms with Gasteiger partial charge in [0.1, 0.15) is 12.2 Å². The van der Waals surface area contributed by atoms with Crippen LogP contribution in [-0.2, 0) is 9.59 Å². The van der Waals surface area contributed by atoms with E-state index < -0.39 is 5.97 Å². The minimum absolute atomic E-state index is 0.312. The Morgan fingerprint density at radius 1 is 1.55 bits per heavy atom. The second-order valence-corrected chi connectivity index (χ2v) is 1.97. The normalized spacial score (nSPS) is 7.45. The van der Waals surface area contributed by atoms with E-state index in [1.807, 2.05) is 6.08 Å². The Bertz CT molecular complexity index is 126. The van der Waals surface area contributed by atoms with Crippen molar-refractivity contribution in [1.29, 1.82) is 0 Å². The highest BCUT2D eigenvalue weighted by Gasteiger charge is 1.98. The Morgan fingerprint density at radius 3 is 1.91 bits per heavy atom. The lowest BCUT2D eigenvalue weighted by molar-refractivity contribution is -0.139. The molecule has 0 saturated carbocycles. The monoisotopic (exact) mass is 158 g/mol. The molecular weight excluding hydrogens is 144 g/mol. The SMILES string of the molecule is C=CCC.CC(=O)CC(=O)O. The summed E-state index contributed by atoms with van der Waals surface area (Å²) in [4.78, 5) is 19.5. The van der Waals surface area contributed by atoms with E-state index in [9.17, 15) is 9.59 Å². The number of hydrogen-bond donors (Lipinski definition) is 1. The number of carbonyl (C=O) groups excluding carboxylic acids is 1. The van der Waals surface area contributed by atoms with Crippen LogP contribution < -0.4 is 0 Å². The van der Waals surface area contributed by atoms with Crippen molar-refractivity contribution in [2.24, 2.45) is 0 Å². The van der Waals surface area contributed by atoms with Crippen LogP contribution >= 0.6 is 0 Å². The van der Waals surface area contributed by atoms with Crippen LogP contribution in [0.25, 0.3) is 0 Å². The summed E-state index contributed by atoms with van der Waals surface area (Å²) < 4.78 is 0. The molecule has 0 rings (SSSR count). The molecule has 0 radical (unpaired) electrons. The first-order chi connectivity index (χ1) is 5.04. The van der Waals surface area contributed by atoms with E-state index >= 15 is 0 Å². The highest BCUT2D eigenvalue weighted by atomic mass is 16.4. The first-order valence-corrected chi connectivity index (χ1v) is 3.36. The molecule has 0 unspecified atom stereocenters. The first-order valence-electron chi connectivity index (χ1n) is 3.36. The maximum Gasteiger partial charge on any atom is 0.310 e. The predicted molar refractivity (Wildman–Crippen MR) is 43.4 cm³/mol. The van der Waals surface area contributed by atoms with Gasteiger partial charge < -0.3 is 5.11 Å². The summed E-state index contributed by atoms with van der Waals surface area (Å²) >= 11 is 0. The molecule has 11 heavy (non-hydrogen) atoms. The number of allylic oxidation sites excluding steroid dienone is 1. The third-order valence-electron chi connectivity index (χ3n) is 0.689. The lowest BCUT2D eigenvalue weighted by Crippen LogP contribution is -2.00. The summed E-state index contributed by atoms with van der Waals surface area (Å²) in [5.41, 5.74) is 0. The van der Waals surface area contributed by atoms with E-state index in [0.717, 1.165) is 6.42 Å². The van der Waals surface area contributed by atoms with Gasteiger partial charge in [-0.05, 0) is 13.3 Å². The highest BCUT2D eigenvalue weighted by Crippen LogP contribution is 1.77. The van der Waals surface area contributed by atoms with Crippen molar-refractivity contribution >= 4 is 11.8 Å². The molecule has 0 aromatic rings. The van der Waals surface area contributed by atoms with Gasteiger partial charge in [0.2, 0.25) is 0 Å². The standard InChI is InChI=1S/C4H6O3.C4H8/c1-3(5)2-4(6)7;1-3-4-2/h2H2,1H3,(H,6,7);3H,1,4H2,2H3. The van der Waals surface area contributed by atoms with Gasteiger partial charge in [0.25, 0.3) is 0 Å². The van der Waals surface area contributed by atoms with Gasteiger partial charge in [-0.3, -0.25) is 9.59 Å². The van der Waals surface area contributed by atoms with Crippen molar-refractivity contribution in [3.8, 4) is 0 Å². The fourth-order valence-electron chi connectivity index (χ4n) is 0.213. The molecule has 0 atom stereocenters. The highest BCUT2D eigenvalue weighted by molar-refractivity contribution is 5.93. The number of carboxylic acids is 1. The molecule has 0 aliphatic heterocycles. The molecule has 0 aromatic heterocycles. The van der Waals surface area contributed by atoms with Crippen LogP contribution in [0.3, 0.4) is 0 Å². The Hall–Kier alpha value is -1.12. The van der Waals surface area contributed by atoms with Crippen LogP contribution in [0, 0.1) is 0 Å². The van der Waals surface area contributed by atoms with Crippen molar-refractivity contribution in [2.75, 3.05) is 0 Å². The van der Waals surface area contributed by atoms with Crippen LogP contribution in [0.2, 0.25) is 0 Å². The maximum atomic E-state index is 9.87. The quantitative estimate of drug-likeness (QED) is 0.501. The molecular formula is C8H14O3. The van der Waals surface area contributed by atoms with Gasteiger partial charge >= 0.3 is 5.97 Å². The average molecular weight is 158 g/mol. The fourth-order valence-corrected chi connectivity index (χ4v) is 0.213. The molecule has 3 heteroatoms. The Labute approximate surface area is 66.7 Å². The molecule has 0 aliphatic carbocycles. The van der Waals surface area contributed by atoms with Crippen molar-refractivity contribution in [1.82, 2.24) is 0 Å². The molecule has 3 nitrogen and oxygen atoms in total. The smallest absolute Gasteiger partial charge is 0.310 e. The van der Waals surface area contributed by atoms with E-state index in [2.05, 4.69) is 13.5 Å². The zero-order valence-corrected chi connectivity index (χ0v) is 6.96. The van der Waals surface area contributed by atoms with Crippen molar-refractivity contribution in [3.05, 3.63) is 12.7 Å². The number of ketones is 1. The molecule has 0 fully saturated rings. The molecule has 0 aromatic carbocycles. The number of carbonyl (C=O) groups is 2. The first kappa shape index (κ1) is 12.5. The van der Waals surface area contributed by atoms with Gasteiger partial charge in [-0.15, -0.1) is 6.58 Å². The third kappa shape index (κ3) is 27.9. The predicted octanol–water partition coefficient (Wildman–Crippen LogP) is 1.63. The third-order valence-corrected chi connectivity index (χ3v) is 0.689. The molecule has 0 heterocycles. The van der Waals surface area contributed by atoms with Gasteiger partial charge in [0.05, 0.1) is 0 Å². The van der Waals surface area contributed by atoms with Gasteiger partial charge in [-0.2, -0.15) is 0 Å². The van der Waals surface area contributed by atoms with Crippen LogP contribution in [-0.4, -0.2) is 16.9 Å². The van der Waals surface area contributed by atoms with Crippen LogP contribution in [0.1, 0.15) is 26.7 Å². The Morgan fingerprint density at radius 2 is 1.91 bits per heavy atom. The largest absolute Gasteiger partial charge is 0.481 e. The molecule has 0 aliphatic rings. The lowest BCUT2D eigenvalue weighted by atomic mass is 10.3. The zero-order valence-electron chi connectivity index (χ0n) is 6.96. The number of carboxylic acid groups (broad SMARTS) is 1.